The zero-order valence-electron chi connectivity index (χ0n) is 11.7. The summed E-state index contributed by atoms with van der Waals surface area (Å²) in [7, 11) is 0. The summed E-state index contributed by atoms with van der Waals surface area (Å²) in [5, 5.41) is 12.0. The van der Waals surface area contributed by atoms with E-state index in [9.17, 15) is 0 Å². The van der Waals surface area contributed by atoms with Crippen LogP contribution in [0, 0.1) is 13.8 Å². The first-order chi connectivity index (χ1) is 10.1. The van der Waals surface area contributed by atoms with Crippen LogP contribution in [0.5, 0.6) is 0 Å². The standard InChI is InChI=1S/C15H14BrN5/c1-9-3-5-12(7-10(9)2)21-15(18-19-20-21)13-8-11(17)4-6-14(13)16/h3-8H,17H2,1-2H3. The minimum Gasteiger partial charge on any atom is -0.399 e. The minimum atomic E-state index is 0.650. The molecule has 0 saturated heterocycles. The van der Waals surface area contributed by atoms with Crippen LogP contribution in [-0.2, 0) is 0 Å². The highest BCUT2D eigenvalue weighted by Gasteiger charge is 2.14. The number of nitrogens with two attached hydrogens (primary N) is 1. The Hall–Kier alpha value is -2.21. The van der Waals surface area contributed by atoms with Crippen LogP contribution >= 0.6 is 15.9 Å². The van der Waals surface area contributed by atoms with E-state index in [4.69, 9.17) is 5.73 Å². The molecule has 6 heteroatoms. The minimum absolute atomic E-state index is 0.650. The Kier molecular flexibility index (Phi) is 3.47. The van der Waals surface area contributed by atoms with Gasteiger partial charge in [0, 0.05) is 15.7 Å². The van der Waals surface area contributed by atoms with Crippen molar-refractivity contribution < 1.29 is 0 Å². The number of nitrogens with zero attached hydrogens (tertiary/aromatic N) is 4. The van der Waals surface area contributed by atoms with Gasteiger partial charge >= 0.3 is 0 Å². The number of aromatic nitrogens is 4. The van der Waals surface area contributed by atoms with Crippen LogP contribution in [0.4, 0.5) is 5.69 Å². The zero-order chi connectivity index (χ0) is 15.0. The fourth-order valence-electron chi connectivity index (χ4n) is 2.10. The Balaban J connectivity index is 2.17. The van der Waals surface area contributed by atoms with Gasteiger partial charge in [0.25, 0.3) is 0 Å². The number of tetrazole rings is 1. The third-order valence-electron chi connectivity index (χ3n) is 3.44. The molecule has 106 valence electrons. The van der Waals surface area contributed by atoms with Gasteiger partial charge in [0.05, 0.1) is 5.69 Å². The van der Waals surface area contributed by atoms with Gasteiger partial charge in [-0.3, -0.25) is 0 Å². The van der Waals surface area contributed by atoms with Crippen molar-refractivity contribution in [2.24, 2.45) is 0 Å². The Labute approximate surface area is 130 Å². The molecule has 0 unspecified atom stereocenters. The summed E-state index contributed by atoms with van der Waals surface area (Å²) in [6.45, 7) is 4.15. The first-order valence-electron chi connectivity index (χ1n) is 6.47. The summed E-state index contributed by atoms with van der Waals surface area (Å²) in [6, 6.07) is 11.7. The summed E-state index contributed by atoms with van der Waals surface area (Å²) in [5.41, 5.74) is 10.7. The molecule has 0 atom stereocenters. The quantitative estimate of drug-likeness (QED) is 0.725. The predicted molar refractivity (Wildman–Crippen MR) is 86.2 cm³/mol. The molecule has 3 rings (SSSR count). The van der Waals surface area contributed by atoms with E-state index in [1.54, 1.807) is 4.68 Å². The molecule has 2 N–H and O–H groups in total. The predicted octanol–water partition coefficient (Wildman–Crippen LogP) is 3.29. The van der Waals surface area contributed by atoms with Gasteiger partial charge in [-0.2, -0.15) is 4.68 Å². The van der Waals surface area contributed by atoms with Crippen molar-refractivity contribution in [3.63, 3.8) is 0 Å². The summed E-state index contributed by atoms with van der Waals surface area (Å²) in [5.74, 6) is 0.650. The van der Waals surface area contributed by atoms with E-state index >= 15 is 0 Å². The lowest BCUT2D eigenvalue weighted by Crippen LogP contribution is -2.01. The summed E-state index contributed by atoms with van der Waals surface area (Å²) < 4.78 is 2.61. The third-order valence-corrected chi connectivity index (χ3v) is 4.13. The molecule has 0 spiro atoms. The van der Waals surface area contributed by atoms with Gasteiger partial charge in [0.1, 0.15) is 0 Å². The van der Waals surface area contributed by atoms with Gasteiger partial charge in [-0.25, -0.2) is 0 Å². The molecule has 0 aliphatic heterocycles. The maximum absolute atomic E-state index is 5.87. The highest BCUT2D eigenvalue weighted by Crippen LogP contribution is 2.29. The normalized spacial score (nSPS) is 10.8. The van der Waals surface area contributed by atoms with Crippen molar-refractivity contribution in [3.8, 4) is 17.1 Å². The molecule has 2 aromatic carbocycles. The average Bonchev–Trinajstić information content (AvgIpc) is 2.93. The van der Waals surface area contributed by atoms with Crippen molar-refractivity contribution in [1.29, 1.82) is 0 Å². The first-order valence-corrected chi connectivity index (χ1v) is 7.27. The van der Waals surface area contributed by atoms with E-state index in [0.29, 0.717) is 11.5 Å². The van der Waals surface area contributed by atoms with Crippen LogP contribution < -0.4 is 5.73 Å². The molecule has 1 aromatic heterocycles. The molecule has 0 amide bonds. The number of halogens is 1. The molecule has 21 heavy (non-hydrogen) atoms. The molecule has 0 fully saturated rings. The van der Waals surface area contributed by atoms with E-state index in [1.165, 1.54) is 11.1 Å². The number of hydrogen-bond acceptors (Lipinski definition) is 4. The van der Waals surface area contributed by atoms with Gasteiger partial charge in [-0.05, 0) is 65.7 Å². The van der Waals surface area contributed by atoms with Crippen LogP contribution in [0.1, 0.15) is 11.1 Å². The molecular weight excluding hydrogens is 330 g/mol. The van der Waals surface area contributed by atoms with Gasteiger partial charge in [0.15, 0.2) is 5.82 Å². The third kappa shape index (κ3) is 2.54. The van der Waals surface area contributed by atoms with Gasteiger partial charge in [-0.1, -0.05) is 22.0 Å². The molecule has 0 radical (unpaired) electrons. The van der Waals surface area contributed by atoms with E-state index in [-0.39, 0.29) is 0 Å². The summed E-state index contributed by atoms with van der Waals surface area (Å²) in [4.78, 5) is 0. The fraction of sp³-hybridized carbons (Fsp3) is 0.133. The highest BCUT2D eigenvalue weighted by molar-refractivity contribution is 9.10. The zero-order valence-corrected chi connectivity index (χ0v) is 13.3. The van der Waals surface area contributed by atoms with E-state index in [0.717, 1.165) is 15.7 Å². The van der Waals surface area contributed by atoms with Crippen LogP contribution in [0.2, 0.25) is 0 Å². The van der Waals surface area contributed by atoms with E-state index < -0.39 is 0 Å². The van der Waals surface area contributed by atoms with Gasteiger partial charge < -0.3 is 5.73 Å². The fourth-order valence-corrected chi connectivity index (χ4v) is 2.52. The number of aryl methyl sites for hydroxylation is 2. The van der Waals surface area contributed by atoms with Crippen molar-refractivity contribution in [2.75, 3.05) is 5.73 Å². The molecular formula is C15H14BrN5. The first kappa shape index (κ1) is 13.8. The molecule has 0 saturated carbocycles. The van der Waals surface area contributed by atoms with E-state index in [2.05, 4.69) is 57.4 Å². The monoisotopic (exact) mass is 343 g/mol. The lowest BCUT2D eigenvalue weighted by Gasteiger charge is -2.09. The highest BCUT2D eigenvalue weighted by atomic mass is 79.9. The molecule has 5 nitrogen and oxygen atoms in total. The summed E-state index contributed by atoms with van der Waals surface area (Å²) in [6.07, 6.45) is 0. The number of nitrogen functional groups attached to an aromatic ring is 1. The van der Waals surface area contributed by atoms with Crippen molar-refractivity contribution >= 4 is 21.6 Å². The largest absolute Gasteiger partial charge is 0.399 e. The second kappa shape index (κ2) is 5.29. The Morgan fingerprint density at radius 3 is 2.62 bits per heavy atom. The van der Waals surface area contributed by atoms with Crippen molar-refractivity contribution in [2.45, 2.75) is 13.8 Å². The second-order valence-corrected chi connectivity index (χ2v) is 5.78. The number of benzene rings is 2. The molecule has 1 heterocycles. The molecule has 0 aliphatic carbocycles. The second-order valence-electron chi connectivity index (χ2n) is 4.92. The topological polar surface area (TPSA) is 69.6 Å². The smallest absolute Gasteiger partial charge is 0.188 e. The molecule has 0 aliphatic rings. The van der Waals surface area contributed by atoms with Crippen molar-refractivity contribution in [3.05, 3.63) is 52.0 Å². The summed E-state index contributed by atoms with van der Waals surface area (Å²) >= 11 is 3.52. The van der Waals surface area contributed by atoms with Crippen LogP contribution in [0.3, 0.4) is 0 Å². The average molecular weight is 344 g/mol. The van der Waals surface area contributed by atoms with Crippen molar-refractivity contribution in [1.82, 2.24) is 20.2 Å². The lowest BCUT2D eigenvalue weighted by molar-refractivity contribution is 0.790. The van der Waals surface area contributed by atoms with Gasteiger partial charge in [-0.15, -0.1) is 5.10 Å². The number of hydrogen-bond donors (Lipinski definition) is 1. The number of rotatable bonds is 2. The Morgan fingerprint density at radius 1 is 1.05 bits per heavy atom. The Bertz CT molecular complexity index is 810. The maximum atomic E-state index is 5.87. The van der Waals surface area contributed by atoms with Crippen LogP contribution in [0.15, 0.2) is 40.9 Å². The van der Waals surface area contributed by atoms with Crippen LogP contribution in [0.25, 0.3) is 17.1 Å². The maximum Gasteiger partial charge on any atom is 0.188 e. The van der Waals surface area contributed by atoms with Gasteiger partial charge in [0.2, 0.25) is 0 Å². The lowest BCUT2D eigenvalue weighted by atomic mass is 10.1. The Morgan fingerprint density at radius 2 is 1.86 bits per heavy atom. The SMILES string of the molecule is Cc1ccc(-n2nnnc2-c2cc(N)ccc2Br)cc1C. The molecule has 3 aromatic rings. The van der Waals surface area contributed by atoms with E-state index in [1.807, 2.05) is 24.3 Å². The van der Waals surface area contributed by atoms with Crippen LogP contribution in [-0.4, -0.2) is 20.2 Å². The molecule has 0 bridgehead atoms. The number of anilines is 1.